The van der Waals surface area contributed by atoms with Crippen LogP contribution in [0.4, 0.5) is 0 Å². The molecule has 0 saturated carbocycles. The van der Waals surface area contributed by atoms with Crippen LogP contribution >= 0.6 is 0 Å². The van der Waals surface area contributed by atoms with E-state index < -0.39 is 0 Å². The van der Waals surface area contributed by atoms with E-state index in [9.17, 15) is 4.79 Å². The minimum atomic E-state index is -0.00228. The lowest BCUT2D eigenvalue weighted by Gasteiger charge is -2.11. The molecule has 5 heteroatoms. The molecule has 25 heavy (non-hydrogen) atoms. The van der Waals surface area contributed by atoms with E-state index in [4.69, 9.17) is 9.47 Å². The van der Waals surface area contributed by atoms with Crippen molar-refractivity contribution in [2.24, 2.45) is 0 Å². The third kappa shape index (κ3) is 15.7. The molecule has 5 nitrogen and oxygen atoms in total. The predicted molar refractivity (Wildman–Crippen MR) is 109 cm³/mol. The number of rotatable bonds is 9. The van der Waals surface area contributed by atoms with Crippen molar-refractivity contribution in [1.82, 2.24) is 10.6 Å². The summed E-state index contributed by atoms with van der Waals surface area (Å²) in [6, 6.07) is 5.28. The minimum absolute atomic E-state index is 0.00228. The summed E-state index contributed by atoms with van der Waals surface area (Å²) in [5, 5.41) is 6.00. The smallest absolute Gasteiger partial charge is 0.160 e. The molecule has 0 fully saturated rings. The molecule has 148 valence electrons. The molecular formula is C20H40N2O3. The number of hydrogen-bond acceptors (Lipinski definition) is 5. The molecule has 1 aromatic rings. The molecule has 0 atom stereocenters. The van der Waals surface area contributed by atoms with E-state index in [1.807, 2.05) is 55.6 Å². The maximum absolute atomic E-state index is 11.5. The van der Waals surface area contributed by atoms with Crippen molar-refractivity contribution in [2.45, 2.75) is 48.5 Å². The first-order valence-electron chi connectivity index (χ1n) is 9.38. The Kier molecular flexibility index (Phi) is 25.3. The highest BCUT2D eigenvalue weighted by atomic mass is 16.5. The minimum Gasteiger partial charge on any atom is -0.492 e. The van der Waals surface area contributed by atoms with Gasteiger partial charge in [-0.25, -0.2) is 0 Å². The first-order chi connectivity index (χ1) is 12.2. The Bertz CT molecular complexity index is 382. The van der Waals surface area contributed by atoms with Gasteiger partial charge in [0.25, 0.3) is 0 Å². The Hall–Kier alpha value is -1.59. The summed E-state index contributed by atoms with van der Waals surface area (Å²) >= 11 is 0. The average molecular weight is 357 g/mol. The molecule has 1 aromatic carbocycles. The molecule has 0 aromatic heterocycles. The fourth-order valence-electron chi connectivity index (χ4n) is 1.48. The van der Waals surface area contributed by atoms with Gasteiger partial charge in [-0.05, 0) is 33.2 Å². The monoisotopic (exact) mass is 356 g/mol. The van der Waals surface area contributed by atoms with Crippen molar-refractivity contribution in [3.63, 3.8) is 0 Å². The van der Waals surface area contributed by atoms with Gasteiger partial charge in [0, 0.05) is 24.7 Å². The molecule has 0 amide bonds. The molecule has 0 aliphatic carbocycles. The summed E-state index contributed by atoms with van der Waals surface area (Å²) in [6.07, 6.45) is 0. The molecule has 0 spiro atoms. The highest BCUT2D eigenvalue weighted by molar-refractivity contribution is 5.94. The van der Waals surface area contributed by atoms with Gasteiger partial charge in [0.15, 0.2) is 5.78 Å². The third-order valence-corrected chi connectivity index (χ3v) is 2.53. The lowest BCUT2D eigenvalue weighted by atomic mass is 10.1. The van der Waals surface area contributed by atoms with Crippen LogP contribution in [0, 0.1) is 0 Å². The Labute approximate surface area is 155 Å². The Balaban J connectivity index is -0.000000725. The van der Waals surface area contributed by atoms with Crippen molar-refractivity contribution in [2.75, 3.05) is 40.4 Å². The molecule has 2 N–H and O–H groups in total. The molecule has 0 aliphatic rings. The van der Waals surface area contributed by atoms with E-state index in [1.54, 1.807) is 18.2 Å². The summed E-state index contributed by atoms with van der Waals surface area (Å²) in [4.78, 5) is 11.5. The number of carbonyl (C=O) groups excluding carboxylic acids is 1. The highest BCUT2D eigenvalue weighted by Gasteiger charge is 2.06. The maximum atomic E-state index is 11.5. The van der Waals surface area contributed by atoms with Crippen LogP contribution in [0.15, 0.2) is 18.2 Å². The van der Waals surface area contributed by atoms with Gasteiger partial charge in [-0.15, -0.1) is 0 Å². The molecular weight excluding hydrogens is 316 g/mol. The van der Waals surface area contributed by atoms with Gasteiger partial charge in [-0.2, -0.15) is 0 Å². The van der Waals surface area contributed by atoms with Crippen molar-refractivity contribution < 1.29 is 14.3 Å². The topological polar surface area (TPSA) is 59.6 Å². The van der Waals surface area contributed by atoms with Crippen molar-refractivity contribution >= 4 is 5.78 Å². The first kappa shape index (κ1) is 28.2. The van der Waals surface area contributed by atoms with E-state index in [1.165, 1.54) is 6.92 Å². The van der Waals surface area contributed by atoms with Crippen LogP contribution in [0.1, 0.15) is 58.8 Å². The lowest BCUT2D eigenvalue weighted by Crippen LogP contribution is -2.17. The van der Waals surface area contributed by atoms with E-state index in [0.29, 0.717) is 30.3 Å². The maximum Gasteiger partial charge on any atom is 0.160 e. The molecule has 0 saturated heterocycles. The van der Waals surface area contributed by atoms with Crippen LogP contribution < -0.4 is 20.1 Å². The summed E-state index contributed by atoms with van der Waals surface area (Å²) in [5.41, 5.74) is 0.599. The summed E-state index contributed by atoms with van der Waals surface area (Å²) in [7, 11) is 3.73. The van der Waals surface area contributed by atoms with E-state index in [2.05, 4.69) is 10.6 Å². The number of ether oxygens (including phenoxy) is 2. The predicted octanol–water partition coefficient (Wildman–Crippen LogP) is 4.16. The number of hydrogen-bond donors (Lipinski definition) is 2. The van der Waals surface area contributed by atoms with E-state index in [-0.39, 0.29) is 5.78 Å². The van der Waals surface area contributed by atoms with Crippen LogP contribution in [-0.4, -0.2) is 46.2 Å². The lowest BCUT2D eigenvalue weighted by molar-refractivity contribution is 0.101. The second kappa shape index (κ2) is 22.4. The van der Waals surface area contributed by atoms with Crippen LogP contribution in [0.5, 0.6) is 11.5 Å². The van der Waals surface area contributed by atoms with Gasteiger partial charge in [-0.1, -0.05) is 41.5 Å². The highest BCUT2D eigenvalue weighted by Crippen LogP contribution is 2.23. The molecule has 0 aliphatic heterocycles. The number of ketones is 1. The van der Waals surface area contributed by atoms with Gasteiger partial charge < -0.3 is 20.1 Å². The zero-order valence-electron chi connectivity index (χ0n) is 17.8. The van der Waals surface area contributed by atoms with Crippen molar-refractivity contribution in [3.8, 4) is 11.5 Å². The van der Waals surface area contributed by atoms with Gasteiger partial charge >= 0.3 is 0 Å². The molecule has 0 radical (unpaired) electrons. The number of carbonyl (C=O) groups is 1. The van der Waals surface area contributed by atoms with Crippen LogP contribution in [0.2, 0.25) is 0 Å². The summed E-state index contributed by atoms with van der Waals surface area (Å²) in [6.45, 7) is 16.1. The van der Waals surface area contributed by atoms with Gasteiger partial charge in [0.05, 0.1) is 0 Å². The largest absolute Gasteiger partial charge is 0.492 e. The second-order valence-corrected chi connectivity index (χ2v) is 4.15. The van der Waals surface area contributed by atoms with Crippen LogP contribution in [0.25, 0.3) is 0 Å². The number of Topliss-reactive ketones (excluding diaryl/α,β-unsaturated/α-hetero) is 1. The van der Waals surface area contributed by atoms with Crippen molar-refractivity contribution in [1.29, 1.82) is 0 Å². The summed E-state index contributed by atoms with van der Waals surface area (Å²) in [5.74, 6) is 1.31. The number of likely N-dealkylation sites (N-methyl/N-ethyl adjacent to an activating group) is 2. The second-order valence-electron chi connectivity index (χ2n) is 4.15. The molecule has 0 bridgehead atoms. The number of nitrogens with one attached hydrogen (secondary N) is 2. The van der Waals surface area contributed by atoms with Gasteiger partial charge in [0.1, 0.15) is 24.7 Å². The van der Waals surface area contributed by atoms with Crippen LogP contribution in [-0.2, 0) is 0 Å². The van der Waals surface area contributed by atoms with E-state index >= 15 is 0 Å². The van der Waals surface area contributed by atoms with E-state index in [0.717, 1.165) is 13.1 Å². The Morgan fingerprint density at radius 3 is 1.44 bits per heavy atom. The SMILES string of the molecule is CC.CC.CC.CNCCOc1cc(OCCNC)cc(C(C)=O)c1. The van der Waals surface area contributed by atoms with Gasteiger partial charge in [-0.3, -0.25) is 4.79 Å². The fraction of sp³-hybridized carbons (Fsp3) is 0.650. The van der Waals surface area contributed by atoms with Gasteiger partial charge in [0.2, 0.25) is 0 Å². The Morgan fingerprint density at radius 1 is 0.800 bits per heavy atom. The molecule has 0 unspecified atom stereocenters. The average Bonchev–Trinajstić information content (AvgIpc) is 2.67. The van der Waals surface area contributed by atoms with Crippen LogP contribution in [0.3, 0.4) is 0 Å². The fourth-order valence-corrected chi connectivity index (χ4v) is 1.48. The summed E-state index contributed by atoms with van der Waals surface area (Å²) < 4.78 is 11.1. The molecule has 0 heterocycles. The first-order valence-corrected chi connectivity index (χ1v) is 9.38. The quantitative estimate of drug-likeness (QED) is 0.514. The zero-order valence-corrected chi connectivity index (χ0v) is 17.8. The standard InChI is InChI=1S/C14H22N2O3.3C2H6/c1-11(17)12-8-13(18-6-4-15-2)10-14(9-12)19-7-5-16-3;3*1-2/h8-10,15-16H,4-7H2,1-3H3;3*1-2H3. The number of benzene rings is 1. The normalized spacial score (nSPS) is 8.52. The molecule has 1 rings (SSSR count). The zero-order chi connectivity index (χ0) is 20.1. The Morgan fingerprint density at radius 2 is 1.16 bits per heavy atom. The third-order valence-electron chi connectivity index (χ3n) is 2.53. The van der Waals surface area contributed by atoms with Crippen molar-refractivity contribution in [3.05, 3.63) is 23.8 Å².